The molecule has 0 aromatic heterocycles. The van der Waals surface area contributed by atoms with Gasteiger partial charge in [-0.1, -0.05) is 43.3 Å². The molecule has 0 fully saturated rings. The number of rotatable bonds is 6. The van der Waals surface area contributed by atoms with E-state index in [0.717, 1.165) is 17.7 Å². The highest BCUT2D eigenvalue weighted by molar-refractivity contribution is 5.32. The van der Waals surface area contributed by atoms with Crippen LogP contribution in [0.15, 0.2) is 48.5 Å². The lowest BCUT2D eigenvalue weighted by molar-refractivity contribution is 0.177. The van der Waals surface area contributed by atoms with Gasteiger partial charge in [-0.2, -0.15) is 0 Å². The molecule has 0 aliphatic heterocycles. The summed E-state index contributed by atoms with van der Waals surface area (Å²) in [6.07, 6.45) is 1.11. The molecule has 1 atom stereocenters. The van der Waals surface area contributed by atoms with Crippen molar-refractivity contribution in [2.45, 2.75) is 32.8 Å². The molecule has 0 radical (unpaired) electrons. The molecule has 20 heavy (non-hydrogen) atoms. The van der Waals surface area contributed by atoms with Crippen LogP contribution < -0.4 is 4.74 Å². The zero-order chi connectivity index (χ0) is 14.4. The van der Waals surface area contributed by atoms with Crippen molar-refractivity contribution < 1.29 is 9.84 Å². The summed E-state index contributed by atoms with van der Waals surface area (Å²) in [6.45, 7) is 4.86. The van der Waals surface area contributed by atoms with Crippen LogP contribution in [0, 0.1) is 6.92 Å². The minimum absolute atomic E-state index is 0.499. The first-order valence-corrected chi connectivity index (χ1v) is 7.16. The second-order valence-corrected chi connectivity index (χ2v) is 5.07. The van der Waals surface area contributed by atoms with Crippen LogP contribution in [0.3, 0.4) is 0 Å². The SMILES string of the molecule is CCCOc1cccc(C(O)Cc2ccccc2C)c1. The van der Waals surface area contributed by atoms with Crippen LogP contribution in [0.4, 0.5) is 0 Å². The number of aryl methyl sites for hydroxylation is 1. The monoisotopic (exact) mass is 270 g/mol. The predicted octanol–water partition coefficient (Wildman–Crippen LogP) is 4.06. The fraction of sp³-hybridized carbons (Fsp3) is 0.333. The lowest BCUT2D eigenvalue weighted by Crippen LogP contribution is -2.04. The molecule has 2 nitrogen and oxygen atoms in total. The van der Waals surface area contributed by atoms with Gasteiger partial charge in [0, 0.05) is 6.42 Å². The summed E-state index contributed by atoms with van der Waals surface area (Å²) in [5, 5.41) is 10.4. The molecule has 2 aromatic carbocycles. The Hall–Kier alpha value is -1.80. The van der Waals surface area contributed by atoms with E-state index in [-0.39, 0.29) is 0 Å². The van der Waals surface area contributed by atoms with E-state index in [4.69, 9.17) is 4.74 Å². The molecule has 1 N–H and O–H groups in total. The first kappa shape index (κ1) is 14.6. The maximum Gasteiger partial charge on any atom is 0.119 e. The summed E-state index contributed by atoms with van der Waals surface area (Å²) < 4.78 is 5.61. The van der Waals surface area contributed by atoms with Crippen LogP contribution in [0.5, 0.6) is 5.75 Å². The minimum Gasteiger partial charge on any atom is -0.494 e. The molecule has 0 amide bonds. The van der Waals surface area contributed by atoms with Crippen molar-refractivity contribution in [2.75, 3.05) is 6.61 Å². The molecule has 106 valence electrons. The number of ether oxygens (including phenoxy) is 1. The van der Waals surface area contributed by atoms with Gasteiger partial charge in [-0.05, 0) is 42.2 Å². The van der Waals surface area contributed by atoms with Crippen molar-refractivity contribution in [1.82, 2.24) is 0 Å². The first-order chi connectivity index (χ1) is 9.70. The van der Waals surface area contributed by atoms with Gasteiger partial charge in [0.2, 0.25) is 0 Å². The van der Waals surface area contributed by atoms with Crippen molar-refractivity contribution in [2.24, 2.45) is 0 Å². The van der Waals surface area contributed by atoms with Gasteiger partial charge in [0.15, 0.2) is 0 Å². The fourth-order valence-corrected chi connectivity index (χ4v) is 2.20. The van der Waals surface area contributed by atoms with E-state index < -0.39 is 6.10 Å². The summed E-state index contributed by atoms with van der Waals surface area (Å²) in [4.78, 5) is 0. The Morgan fingerprint density at radius 1 is 1.10 bits per heavy atom. The van der Waals surface area contributed by atoms with E-state index in [0.29, 0.717) is 13.0 Å². The molecule has 0 saturated heterocycles. The van der Waals surface area contributed by atoms with E-state index in [9.17, 15) is 5.11 Å². The molecule has 0 aliphatic carbocycles. The number of aliphatic hydroxyl groups excluding tert-OH is 1. The Balaban J connectivity index is 2.09. The molecule has 0 heterocycles. The van der Waals surface area contributed by atoms with Gasteiger partial charge >= 0.3 is 0 Å². The summed E-state index contributed by atoms with van der Waals surface area (Å²) in [6, 6.07) is 15.9. The smallest absolute Gasteiger partial charge is 0.119 e. The minimum atomic E-state index is -0.499. The lowest BCUT2D eigenvalue weighted by Gasteiger charge is -2.14. The largest absolute Gasteiger partial charge is 0.494 e. The van der Waals surface area contributed by atoms with Crippen LogP contribution in [0.25, 0.3) is 0 Å². The number of hydrogen-bond acceptors (Lipinski definition) is 2. The third kappa shape index (κ3) is 3.84. The third-order valence-electron chi connectivity index (χ3n) is 3.39. The summed E-state index contributed by atoms with van der Waals surface area (Å²) in [5.74, 6) is 0.827. The molecule has 0 bridgehead atoms. The maximum atomic E-state index is 10.4. The highest BCUT2D eigenvalue weighted by Crippen LogP contribution is 2.23. The molecule has 1 unspecified atom stereocenters. The Morgan fingerprint density at radius 3 is 2.65 bits per heavy atom. The highest BCUT2D eigenvalue weighted by Gasteiger charge is 2.10. The lowest BCUT2D eigenvalue weighted by atomic mass is 9.98. The van der Waals surface area contributed by atoms with Gasteiger partial charge in [0.25, 0.3) is 0 Å². The van der Waals surface area contributed by atoms with Crippen molar-refractivity contribution in [1.29, 1.82) is 0 Å². The summed E-state index contributed by atoms with van der Waals surface area (Å²) >= 11 is 0. The molecule has 0 aliphatic rings. The standard InChI is InChI=1S/C18H22O2/c1-3-11-20-17-10-6-9-16(12-17)18(19)13-15-8-5-4-7-14(15)2/h4-10,12,18-19H,3,11,13H2,1-2H3. The topological polar surface area (TPSA) is 29.5 Å². The van der Waals surface area contributed by atoms with Crippen molar-refractivity contribution in [3.05, 3.63) is 65.2 Å². The molecular formula is C18H22O2. The average Bonchev–Trinajstić information content (AvgIpc) is 2.48. The predicted molar refractivity (Wildman–Crippen MR) is 82.1 cm³/mol. The molecule has 0 spiro atoms. The van der Waals surface area contributed by atoms with Gasteiger partial charge < -0.3 is 9.84 Å². The van der Waals surface area contributed by atoms with E-state index in [1.807, 2.05) is 36.4 Å². The fourth-order valence-electron chi connectivity index (χ4n) is 2.20. The first-order valence-electron chi connectivity index (χ1n) is 7.16. The Morgan fingerprint density at radius 2 is 1.90 bits per heavy atom. The van der Waals surface area contributed by atoms with Gasteiger partial charge in [-0.15, -0.1) is 0 Å². The highest BCUT2D eigenvalue weighted by atomic mass is 16.5. The van der Waals surface area contributed by atoms with Crippen LogP contribution in [0.1, 0.15) is 36.1 Å². The Labute approximate surface area is 121 Å². The van der Waals surface area contributed by atoms with Gasteiger partial charge in [-0.3, -0.25) is 0 Å². The van der Waals surface area contributed by atoms with Crippen LogP contribution in [0.2, 0.25) is 0 Å². The van der Waals surface area contributed by atoms with Gasteiger partial charge in [-0.25, -0.2) is 0 Å². The zero-order valence-corrected chi connectivity index (χ0v) is 12.2. The van der Waals surface area contributed by atoms with Gasteiger partial charge in [0.1, 0.15) is 5.75 Å². The zero-order valence-electron chi connectivity index (χ0n) is 12.2. The molecule has 2 heteroatoms. The van der Waals surface area contributed by atoms with Crippen LogP contribution >= 0.6 is 0 Å². The molecule has 0 saturated carbocycles. The van der Waals surface area contributed by atoms with Crippen LogP contribution in [-0.2, 0) is 6.42 Å². The van der Waals surface area contributed by atoms with E-state index in [1.165, 1.54) is 11.1 Å². The van der Waals surface area contributed by atoms with Crippen molar-refractivity contribution >= 4 is 0 Å². The average molecular weight is 270 g/mol. The normalized spacial score (nSPS) is 12.2. The Kier molecular flexibility index (Phi) is 5.19. The maximum absolute atomic E-state index is 10.4. The van der Waals surface area contributed by atoms with Crippen molar-refractivity contribution in [3.8, 4) is 5.75 Å². The van der Waals surface area contributed by atoms with Crippen molar-refractivity contribution in [3.63, 3.8) is 0 Å². The number of aliphatic hydroxyl groups is 1. The Bertz CT molecular complexity index is 549. The summed E-state index contributed by atoms with van der Waals surface area (Å²) in [5.41, 5.74) is 3.30. The summed E-state index contributed by atoms with van der Waals surface area (Å²) in [7, 11) is 0. The van der Waals surface area contributed by atoms with E-state index in [1.54, 1.807) is 0 Å². The second kappa shape index (κ2) is 7.11. The third-order valence-corrected chi connectivity index (χ3v) is 3.39. The van der Waals surface area contributed by atoms with Gasteiger partial charge in [0.05, 0.1) is 12.7 Å². The molecule has 2 rings (SSSR count). The quantitative estimate of drug-likeness (QED) is 0.857. The van der Waals surface area contributed by atoms with Crippen LogP contribution in [-0.4, -0.2) is 11.7 Å². The molecular weight excluding hydrogens is 248 g/mol. The number of benzene rings is 2. The van der Waals surface area contributed by atoms with E-state index in [2.05, 4.69) is 26.0 Å². The molecule has 2 aromatic rings. The second-order valence-electron chi connectivity index (χ2n) is 5.07. The van der Waals surface area contributed by atoms with E-state index >= 15 is 0 Å². The number of hydrogen-bond donors (Lipinski definition) is 1.